The van der Waals surface area contributed by atoms with Gasteiger partial charge in [-0.05, 0) is 17.5 Å². The van der Waals surface area contributed by atoms with E-state index in [2.05, 4.69) is 6.07 Å². The Balaban J connectivity index is 1.59. The molecular formula is C14H18O3. The van der Waals surface area contributed by atoms with Gasteiger partial charge in [0.1, 0.15) is 6.10 Å². The summed E-state index contributed by atoms with van der Waals surface area (Å²) in [6, 6.07) is 8.04. The Morgan fingerprint density at radius 3 is 3.00 bits per heavy atom. The Morgan fingerprint density at radius 2 is 2.24 bits per heavy atom. The number of aliphatic hydroxyl groups is 1. The normalized spacial score (nSPS) is 31.7. The Morgan fingerprint density at radius 1 is 1.35 bits per heavy atom. The van der Waals surface area contributed by atoms with E-state index >= 15 is 0 Å². The molecule has 1 aliphatic heterocycles. The van der Waals surface area contributed by atoms with Gasteiger partial charge < -0.3 is 14.6 Å². The van der Waals surface area contributed by atoms with E-state index in [1.54, 1.807) is 0 Å². The third-order valence-corrected chi connectivity index (χ3v) is 3.72. The molecule has 1 aliphatic carbocycles. The van der Waals surface area contributed by atoms with Crippen molar-refractivity contribution >= 4 is 0 Å². The van der Waals surface area contributed by atoms with E-state index in [-0.39, 0.29) is 6.10 Å². The van der Waals surface area contributed by atoms with Crippen molar-refractivity contribution in [2.75, 3.05) is 19.8 Å². The van der Waals surface area contributed by atoms with E-state index in [0.717, 1.165) is 31.6 Å². The van der Waals surface area contributed by atoms with E-state index in [4.69, 9.17) is 9.47 Å². The molecule has 2 aliphatic rings. The van der Waals surface area contributed by atoms with Gasteiger partial charge in [-0.2, -0.15) is 0 Å². The first-order chi connectivity index (χ1) is 8.34. The van der Waals surface area contributed by atoms with E-state index in [0.29, 0.717) is 12.5 Å². The predicted octanol–water partition coefficient (Wildman–Crippen LogP) is 1.70. The van der Waals surface area contributed by atoms with Crippen LogP contribution >= 0.6 is 0 Å². The van der Waals surface area contributed by atoms with Crippen LogP contribution in [0, 0.1) is 5.92 Å². The summed E-state index contributed by atoms with van der Waals surface area (Å²) in [7, 11) is 0. The summed E-state index contributed by atoms with van der Waals surface area (Å²) >= 11 is 0. The van der Waals surface area contributed by atoms with Gasteiger partial charge in [-0.1, -0.05) is 24.3 Å². The Hall–Kier alpha value is -0.900. The first kappa shape index (κ1) is 11.2. The van der Waals surface area contributed by atoms with Crippen LogP contribution in [0.2, 0.25) is 0 Å². The molecule has 0 saturated carbocycles. The molecule has 3 heteroatoms. The third kappa shape index (κ3) is 2.23. The Bertz CT molecular complexity index is 385. The van der Waals surface area contributed by atoms with Crippen LogP contribution in [0.5, 0.6) is 0 Å². The van der Waals surface area contributed by atoms with Crippen molar-refractivity contribution in [3.63, 3.8) is 0 Å². The zero-order valence-electron chi connectivity index (χ0n) is 9.84. The van der Waals surface area contributed by atoms with Gasteiger partial charge in [0.25, 0.3) is 0 Å². The molecule has 0 bridgehead atoms. The lowest BCUT2D eigenvalue weighted by atomic mass is 10.1. The monoisotopic (exact) mass is 234 g/mol. The first-order valence-electron chi connectivity index (χ1n) is 6.30. The second kappa shape index (κ2) is 4.77. The molecule has 1 saturated heterocycles. The third-order valence-electron chi connectivity index (χ3n) is 3.72. The Kier molecular flexibility index (Phi) is 3.14. The molecule has 1 N–H and O–H groups in total. The SMILES string of the molecule is OC1c2ccccc2CC1OCC1CCOC1. The molecule has 0 spiro atoms. The fourth-order valence-electron chi connectivity index (χ4n) is 2.66. The maximum atomic E-state index is 10.2. The van der Waals surface area contributed by atoms with Crippen LogP contribution in [0.4, 0.5) is 0 Å². The largest absolute Gasteiger partial charge is 0.386 e. The van der Waals surface area contributed by atoms with Crippen LogP contribution in [-0.2, 0) is 15.9 Å². The van der Waals surface area contributed by atoms with Crippen molar-refractivity contribution in [1.29, 1.82) is 0 Å². The lowest BCUT2D eigenvalue weighted by Gasteiger charge is -2.18. The minimum Gasteiger partial charge on any atom is -0.386 e. The highest BCUT2D eigenvalue weighted by atomic mass is 16.5. The van der Waals surface area contributed by atoms with Gasteiger partial charge in [0.2, 0.25) is 0 Å². The highest BCUT2D eigenvalue weighted by Crippen LogP contribution is 2.33. The van der Waals surface area contributed by atoms with Crippen molar-refractivity contribution < 1.29 is 14.6 Å². The molecule has 0 amide bonds. The van der Waals surface area contributed by atoms with Crippen LogP contribution in [0.3, 0.4) is 0 Å². The smallest absolute Gasteiger partial charge is 0.106 e. The average Bonchev–Trinajstić information content (AvgIpc) is 2.96. The number of benzene rings is 1. The van der Waals surface area contributed by atoms with E-state index < -0.39 is 6.10 Å². The highest BCUT2D eigenvalue weighted by Gasteiger charge is 2.32. The fraction of sp³-hybridized carbons (Fsp3) is 0.571. The standard InChI is InChI=1S/C14H18O3/c15-14-12-4-2-1-3-11(12)7-13(14)17-9-10-5-6-16-8-10/h1-4,10,13-15H,5-9H2. The molecule has 92 valence electrons. The summed E-state index contributed by atoms with van der Waals surface area (Å²) in [5.74, 6) is 0.505. The number of hydrogen-bond acceptors (Lipinski definition) is 3. The molecule has 0 radical (unpaired) electrons. The zero-order valence-corrected chi connectivity index (χ0v) is 9.84. The second-order valence-electron chi connectivity index (χ2n) is 4.95. The number of hydrogen-bond donors (Lipinski definition) is 1. The summed E-state index contributed by atoms with van der Waals surface area (Å²) in [6.07, 6.45) is 1.36. The van der Waals surface area contributed by atoms with E-state index in [9.17, 15) is 5.11 Å². The van der Waals surface area contributed by atoms with Crippen LogP contribution in [0.25, 0.3) is 0 Å². The molecule has 1 heterocycles. The van der Waals surface area contributed by atoms with Crippen LogP contribution < -0.4 is 0 Å². The van der Waals surface area contributed by atoms with Gasteiger partial charge in [0.15, 0.2) is 0 Å². The van der Waals surface area contributed by atoms with Gasteiger partial charge >= 0.3 is 0 Å². The summed E-state index contributed by atoms with van der Waals surface area (Å²) in [4.78, 5) is 0. The number of rotatable bonds is 3. The molecular weight excluding hydrogens is 216 g/mol. The van der Waals surface area contributed by atoms with Gasteiger partial charge in [-0.25, -0.2) is 0 Å². The maximum absolute atomic E-state index is 10.2. The number of ether oxygens (including phenoxy) is 2. The number of aliphatic hydroxyl groups excluding tert-OH is 1. The van der Waals surface area contributed by atoms with Crippen molar-refractivity contribution in [3.05, 3.63) is 35.4 Å². The lowest BCUT2D eigenvalue weighted by molar-refractivity contribution is -0.0412. The highest BCUT2D eigenvalue weighted by molar-refractivity contribution is 5.35. The van der Waals surface area contributed by atoms with E-state index in [1.165, 1.54) is 5.56 Å². The summed E-state index contributed by atoms with van der Waals surface area (Å²) in [5.41, 5.74) is 2.24. The molecule has 3 atom stereocenters. The van der Waals surface area contributed by atoms with Gasteiger partial charge in [0, 0.05) is 18.9 Å². The summed E-state index contributed by atoms with van der Waals surface area (Å²) in [6.45, 7) is 2.35. The molecule has 1 aromatic rings. The van der Waals surface area contributed by atoms with Crippen LogP contribution in [-0.4, -0.2) is 31.0 Å². The lowest BCUT2D eigenvalue weighted by Crippen LogP contribution is -2.22. The second-order valence-corrected chi connectivity index (χ2v) is 4.95. The number of fused-ring (bicyclic) bond motifs is 1. The Labute approximate surface area is 101 Å². The van der Waals surface area contributed by atoms with E-state index in [1.807, 2.05) is 18.2 Å². The quantitative estimate of drug-likeness (QED) is 0.865. The average molecular weight is 234 g/mol. The minimum absolute atomic E-state index is 0.0759. The molecule has 1 fully saturated rings. The summed E-state index contributed by atoms with van der Waals surface area (Å²) in [5, 5.41) is 10.2. The van der Waals surface area contributed by atoms with Gasteiger partial charge in [-0.15, -0.1) is 0 Å². The van der Waals surface area contributed by atoms with Crippen molar-refractivity contribution in [2.24, 2.45) is 5.92 Å². The fourth-order valence-corrected chi connectivity index (χ4v) is 2.66. The molecule has 3 nitrogen and oxygen atoms in total. The summed E-state index contributed by atoms with van der Waals surface area (Å²) < 4.78 is 11.2. The maximum Gasteiger partial charge on any atom is 0.106 e. The van der Waals surface area contributed by atoms with Crippen LogP contribution in [0.1, 0.15) is 23.7 Å². The van der Waals surface area contributed by atoms with Gasteiger partial charge in [0.05, 0.1) is 19.3 Å². The van der Waals surface area contributed by atoms with Crippen molar-refractivity contribution in [3.8, 4) is 0 Å². The minimum atomic E-state index is -0.464. The molecule has 3 rings (SSSR count). The van der Waals surface area contributed by atoms with Crippen molar-refractivity contribution in [1.82, 2.24) is 0 Å². The van der Waals surface area contributed by atoms with Crippen molar-refractivity contribution in [2.45, 2.75) is 25.0 Å². The zero-order chi connectivity index (χ0) is 11.7. The van der Waals surface area contributed by atoms with Crippen LogP contribution in [0.15, 0.2) is 24.3 Å². The van der Waals surface area contributed by atoms with Gasteiger partial charge in [-0.3, -0.25) is 0 Å². The topological polar surface area (TPSA) is 38.7 Å². The molecule has 3 unspecified atom stereocenters. The molecule has 17 heavy (non-hydrogen) atoms. The predicted molar refractivity (Wildman–Crippen MR) is 63.8 cm³/mol. The first-order valence-corrected chi connectivity index (χ1v) is 6.30. The molecule has 0 aromatic heterocycles. The molecule has 1 aromatic carbocycles.